The molecule has 0 unspecified atom stereocenters. The Bertz CT molecular complexity index is 5150. The van der Waals surface area contributed by atoms with E-state index in [1.807, 2.05) is 0 Å². The minimum absolute atomic E-state index is 0.0866. The average Bonchev–Trinajstić information content (AvgIpc) is 1.11. The minimum Gasteiger partial charge on any atom is -0.310 e. The van der Waals surface area contributed by atoms with Gasteiger partial charge in [-0.25, -0.2) is 0 Å². The Morgan fingerprint density at radius 1 is 0.250 bits per heavy atom. The van der Waals surface area contributed by atoms with Crippen LogP contribution in [0.4, 0.5) is 34.1 Å². The monoisotopic (exact) mass is 1300 g/mol. The Kier molecular flexibility index (Phi) is 15.8. The first-order valence-electron chi connectivity index (χ1n) is 36.3. The predicted molar refractivity (Wildman–Crippen MR) is 434 cm³/mol. The van der Waals surface area contributed by atoms with Crippen molar-refractivity contribution in [2.75, 3.05) is 9.80 Å². The summed E-state index contributed by atoms with van der Waals surface area (Å²) in [6.45, 7) is 42.2. The summed E-state index contributed by atoms with van der Waals surface area (Å²) in [6.07, 6.45) is 0. The van der Waals surface area contributed by atoms with E-state index >= 15 is 0 Å². The number of benzene rings is 12. The lowest BCUT2D eigenvalue weighted by Crippen LogP contribution is -2.61. The van der Waals surface area contributed by atoms with E-state index in [0.29, 0.717) is 0 Å². The van der Waals surface area contributed by atoms with Crippen molar-refractivity contribution < 1.29 is 0 Å². The van der Waals surface area contributed by atoms with Crippen LogP contribution in [0, 0.1) is 0 Å². The maximum atomic E-state index is 2.77. The van der Waals surface area contributed by atoms with E-state index in [0.717, 1.165) is 22.7 Å². The molecule has 2 aliphatic heterocycles. The van der Waals surface area contributed by atoms with E-state index in [-0.39, 0.29) is 39.2 Å². The molecule has 3 heterocycles. The summed E-state index contributed by atoms with van der Waals surface area (Å²) in [5.41, 5.74) is 33.3. The van der Waals surface area contributed by atoms with Crippen molar-refractivity contribution in [3.63, 3.8) is 0 Å². The maximum Gasteiger partial charge on any atom is 0.252 e. The van der Waals surface area contributed by atoms with Gasteiger partial charge in [0.15, 0.2) is 0 Å². The molecule has 0 aliphatic carbocycles. The number of nitrogens with zero attached hydrogens (tertiary/aromatic N) is 3. The zero-order valence-electron chi connectivity index (χ0n) is 62.2. The minimum atomic E-state index is -0.233. The Balaban J connectivity index is 1.16. The maximum absolute atomic E-state index is 2.77. The van der Waals surface area contributed by atoms with Crippen LogP contribution in [0.2, 0.25) is 0 Å². The Labute approximate surface area is 596 Å². The van der Waals surface area contributed by atoms with Crippen molar-refractivity contribution >= 4 is 79.0 Å². The van der Waals surface area contributed by atoms with Gasteiger partial charge in [0.25, 0.3) is 6.71 Å². The first-order valence-corrected chi connectivity index (χ1v) is 36.3. The molecule has 12 aromatic carbocycles. The van der Waals surface area contributed by atoms with Crippen molar-refractivity contribution in [1.82, 2.24) is 4.57 Å². The van der Waals surface area contributed by atoms with Gasteiger partial charge in [0.2, 0.25) is 0 Å². The summed E-state index contributed by atoms with van der Waals surface area (Å²) in [5, 5.41) is 2.44. The highest BCUT2D eigenvalue weighted by molar-refractivity contribution is 7.00. The van der Waals surface area contributed by atoms with Crippen molar-refractivity contribution in [2.24, 2.45) is 0 Å². The largest absolute Gasteiger partial charge is 0.310 e. The van der Waals surface area contributed by atoms with Gasteiger partial charge in [-0.2, -0.15) is 0 Å². The van der Waals surface area contributed by atoms with Gasteiger partial charge < -0.3 is 14.4 Å². The Hall–Kier alpha value is -9.90. The normalized spacial score (nSPS) is 13.4. The van der Waals surface area contributed by atoms with E-state index in [1.54, 1.807) is 0 Å². The zero-order valence-corrected chi connectivity index (χ0v) is 62.2. The third kappa shape index (κ3) is 11.5. The second kappa shape index (κ2) is 23.9. The molecular weight excluding hydrogens is 1210 g/mol. The molecule has 0 saturated heterocycles. The summed E-state index contributed by atoms with van der Waals surface area (Å²) in [5.74, 6) is 0. The molecule has 4 heteroatoms. The van der Waals surface area contributed by atoms with Gasteiger partial charge in [-0.3, -0.25) is 0 Å². The van der Waals surface area contributed by atoms with Crippen LogP contribution in [0.5, 0.6) is 0 Å². The molecule has 0 saturated carbocycles. The number of hydrogen-bond donors (Lipinski definition) is 0. The van der Waals surface area contributed by atoms with Gasteiger partial charge >= 0.3 is 0 Å². The zero-order chi connectivity index (χ0) is 70.3. The van der Waals surface area contributed by atoms with Crippen LogP contribution in [0.1, 0.15) is 158 Å². The molecule has 0 N–H and O–H groups in total. The van der Waals surface area contributed by atoms with E-state index in [9.17, 15) is 0 Å². The molecular formula is C96H96BN3. The first kappa shape index (κ1) is 66.0. The fourth-order valence-corrected chi connectivity index (χ4v) is 15.6. The lowest BCUT2D eigenvalue weighted by Gasteiger charge is -2.46. The average molecular weight is 1300 g/mol. The van der Waals surface area contributed by atoms with Gasteiger partial charge in [0.1, 0.15) is 0 Å². The number of para-hydroxylation sites is 1. The van der Waals surface area contributed by atoms with Gasteiger partial charge in [-0.1, -0.05) is 313 Å². The lowest BCUT2D eigenvalue weighted by molar-refractivity contribution is 0.567. The molecule has 0 fully saturated rings. The van der Waals surface area contributed by atoms with Gasteiger partial charge in [0, 0.05) is 55.8 Å². The van der Waals surface area contributed by atoms with Gasteiger partial charge in [-0.15, -0.1) is 0 Å². The molecule has 0 spiro atoms. The summed E-state index contributed by atoms with van der Waals surface area (Å²) >= 11 is 0. The second-order valence-corrected chi connectivity index (χ2v) is 34.7. The molecule has 3 nitrogen and oxygen atoms in total. The van der Waals surface area contributed by atoms with Crippen molar-refractivity contribution in [3.8, 4) is 61.3 Å². The number of anilines is 6. The summed E-state index contributed by atoms with van der Waals surface area (Å²) < 4.78 is 2.60. The number of fused-ring (bicyclic) bond motifs is 8. The fourth-order valence-electron chi connectivity index (χ4n) is 15.6. The van der Waals surface area contributed by atoms with Crippen LogP contribution in [0.25, 0.3) is 83.1 Å². The highest BCUT2D eigenvalue weighted by Gasteiger charge is 2.47. The smallest absolute Gasteiger partial charge is 0.252 e. The first-order chi connectivity index (χ1) is 47.4. The third-order valence-corrected chi connectivity index (χ3v) is 21.4. The van der Waals surface area contributed by atoms with Crippen molar-refractivity contribution in [2.45, 2.75) is 157 Å². The van der Waals surface area contributed by atoms with Crippen molar-refractivity contribution in [1.29, 1.82) is 0 Å². The van der Waals surface area contributed by atoms with Crippen LogP contribution in [0.3, 0.4) is 0 Å². The molecule has 498 valence electrons. The number of rotatable bonds is 8. The number of hydrogen-bond acceptors (Lipinski definition) is 2. The molecule has 0 amide bonds. The van der Waals surface area contributed by atoms with Crippen LogP contribution >= 0.6 is 0 Å². The van der Waals surface area contributed by atoms with Gasteiger partial charge in [0.05, 0.1) is 28.1 Å². The Morgan fingerprint density at radius 3 is 1.06 bits per heavy atom. The Morgan fingerprint density at radius 2 is 0.630 bits per heavy atom. The highest BCUT2D eigenvalue weighted by atomic mass is 15.2. The van der Waals surface area contributed by atoms with E-state index in [2.05, 4.69) is 394 Å². The third-order valence-electron chi connectivity index (χ3n) is 21.4. The standard InChI is InChI=1S/C96H96BN3/c1-91(2,3)67-50-66(51-68(53-67)92(4,5)6)65-46-48-82-80(52-65)97-79-47-49-83-86(74-42-31-32-43-81(74)98(83)73-55-69(93(7,8)9)54-70(56-73)94(10,11)12)90(79)100(89-77(63-38-27-21-28-39-63)59-72(96(16,17)18)60-78(89)64-40-29-22-30-41-64)85-45-33-44-84(87(85)97)99(82)88-75(61-34-23-19-24-35-61)57-71(95(13,14)15)58-76(88)62-36-25-20-26-37-62/h19-60H,1-18H3. The van der Waals surface area contributed by atoms with Crippen LogP contribution < -0.4 is 26.2 Å². The molecule has 100 heavy (non-hydrogen) atoms. The number of aromatic nitrogens is 1. The summed E-state index contributed by atoms with van der Waals surface area (Å²) in [4.78, 5) is 5.46. The molecule has 0 bridgehead atoms. The summed E-state index contributed by atoms with van der Waals surface area (Å²) in [7, 11) is 0. The van der Waals surface area contributed by atoms with E-state index in [1.165, 1.54) is 144 Å². The molecule has 2 aliphatic rings. The summed E-state index contributed by atoms with van der Waals surface area (Å²) in [6, 6.07) is 98.8. The predicted octanol–water partition coefficient (Wildman–Crippen LogP) is 25.0. The molecule has 1 aromatic heterocycles. The highest BCUT2D eigenvalue weighted by Crippen LogP contribution is 2.56. The molecule has 0 atom stereocenters. The molecule has 0 radical (unpaired) electrons. The lowest BCUT2D eigenvalue weighted by atomic mass is 9.33. The van der Waals surface area contributed by atoms with E-state index in [4.69, 9.17) is 0 Å². The van der Waals surface area contributed by atoms with Crippen LogP contribution in [-0.2, 0) is 32.5 Å². The van der Waals surface area contributed by atoms with Crippen LogP contribution in [0.15, 0.2) is 255 Å². The second-order valence-electron chi connectivity index (χ2n) is 34.7. The van der Waals surface area contributed by atoms with E-state index < -0.39 is 0 Å². The fraction of sp³-hybridized carbons (Fsp3) is 0.250. The van der Waals surface area contributed by atoms with Crippen LogP contribution in [-0.4, -0.2) is 11.3 Å². The van der Waals surface area contributed by atoms with Crippen molar-refractivity contribution in [3.05, 3.63) is 288 Å². The molecule has 13 aromatic rings. The topological polar surface area (TPSA) is 11.4 Å². The molecule has 15 rings (SSSR count). The van der Waals surface area contributed by atoms with Gasteiger partial charge in [-0.05, 0) is 182 Å². The quantitative estimate of drug-likeness (QED) is 0.141. The SMILES string of the molecule is CC(C)(C)c1cc(-c2ccc3c(c2)B2c4ccc5c(c4N(c4c(-c6ccccc6)cc(C(C)(C)C)cc4-c4ccccc4)c4cccc(c42)N3c2c(-c3ccccc3)cc(C(C)(C)C)cc2-c2ccccc2)c2ccccc2n5-c2cc(C(C)(C)C)cc(C(C)(C)C)c2)cc(C(C)(C)C)c1.